The summed E-state index contributed by atoms with van der Waals surface area (Å²) < 4.78 is 19.2. The van der Waals surface area contributed by atoms with Gasteiger partial charge in [-0.2, -0.15) is 0 Å². The van der Waals surface area contributed by atoms with Crippen LogP contribution in [0.3, 0.4) is 0 Å². The zero-order valence-corrected chi connectivity index (χ0v) is 17.0. The highest BCUT2D eigenvalue weighted by molar-refractivity contribution is 6.75. The van der Waals surface area contributed by atoms with Crippen LogP contribution in [0.25, 0.3) is 0 Å². The molecule has 0 aliphatic heterocycles. The molecule has 1 rings (SSSR count). The van der Waals surface area contributed by atoms with Gasteiger partial charge in [0, 0.05) is 37.0 Å². The Kier molecular flexibility index (Phi) is 8.56. The second kappa shape index (κ2) is 9.65. The number of benzene rings is 1. The van der Waals surface area contributed by atoms with Crippen molar-refractivity contribution in [1.82, 2.24) is 5.32 Å². The predicted octanol–water partition coefficient (Wildman–Crippen LogP) is 2.03. The maximum absolute atomic E-state index is 6.57. The first-order chi connectivity index (χ1) is 11.2. The maximum Gasteiger partial charge on any atom is 0.538 e. The van der Waals surface area contributed by atoms with Crippen molar-refractivity contribution in [1.29, 1.82) is 0 Å². The predicted molar refractivity (Wildman–Crippen MR) is 101 cm³/mol. The van der Waals surface area contributed by atoms with Crippen LogP contribution >= 0.6 is 0 Å². The molecule has 0 aliphatic carbocycles. The molecule has 6 heteroatoms. The minimum Gasteiger partial charge on any atom is -0.367 e. The molecule has 0 atom stereocenters. The molecule has 24 heavy (non-hydrogen) atoms. The number of nitrogens with two attached hydrogens (primary N) is 1. The highest BCUT2D eigenvalue weighted by Crippen LogP contribution is 2.23. The molecule has 0 aliphatic rings. The second-order valence-electron chi connectivity index (χ2n) is 7.08. The molecule has 0 heterocycles. The maximum atomic E-state index is 6.57. The average molecular weight is 355 g/mol. The van der Waals surface area contributed by atoms with E-state index >= 15 is 0 Å². The van der Waals surface area contributed by atoms with Crippen LogP contribution in [0.15, 0.2) is 30.3 Å². The Morgan fingerprint density at radius 2 is 1.58 bits per heavy atom. The Balaban J connectivity index is 3.14. The van der Waals surface area contributed by atoms with Gasteiger partial charge in [0.15, 0.2) is 0 Å². The van der Waals surface area contributed by atoms with Crippen molar-refractivity contribution in [2.75, 3.05) is 19.6 Å². The van der Waals surface area contributed by atoms with E-state index < -0.39 is 14.4 Å². The van der Waals surface area contributed by atoms with Gasteiger partial charge in [-0.15, -0.1) is 0 Å². The van der Waals surface area contributed by atoms with Gasteiger partial charge in [-0.25, -0.2) is 0 Å². The summed E-state index contributed by atoms with van der Waals surface area (Å²) in [5, 5.41) is 4.30. The van der Waals surface area contributed by atoms with E-state index in [1.165, 1.54) is 0 Å². The fourth-order valence-electron chi connectivity index (χ4n) is 2.43. The van der Waals surface area contributed by atoms with Gasteiger partial charge in [0.05, 0.1) is 5.60 Å². The Morgan fingerprint density at radius 1 is 1.04 bits per heavy atom. The zero-order chi connectivity index (χ0) is 18.2. The number of nitrogens with one attached hydrogen (secondary N) is 1. The molecule has 0 bridgehead atoms. The van der Waals surface area contributed by atoms with Gasteiger partial charge in [0.25, 0.3) is 0 Å². The van der Waals surface area contributed by atoms with Crippen molar-refractivity contribution in [3.63, 3.8) is 0 Å². The van der Waals surface area contributed by atoms with E-state index in [2.05, 4.69) is 19.2 Å². The zero-order valence-electron chi connectivity index (χ0n) is 16.0. The summed E-state index contributed by atoms with van der Waals surface area (Å²) in [6.45, 7) is 14.2. The Bertz CT molecular complexity index is 457. The third-order valence-electron chi connectivity index (χ3n) is 3.19. The van der Waals surface area contributed by atoms with Crippen molar-refractivity contribution in [3.05, 3.63) is 30.3 Å². The van der Waals surface area contributed by atoms with Gasteiger partial charge in [0.2, 0.25) is 0 Å². The number of hydrogen-bond donors (Lipinski definition) is 2. The molecule has 138 valence electrons. The van der Waals surface area contributed by atoms with Crippen LogP contribution in [0.5, 0.6) is 0 Å². The van der Waals surface area contributed by atoms with Gasteiger partial charge >= 0.3 is 8.80 Å². The topological polar surface area (TPSA) is 65.7 Å². The van der Waals surface area contributed by atoms with E-state index in [1.54, 1.807) is 0 Å². The Labute approximate surface area is 148 Å². The molecule has 1 aromatic carbocycles. The highest BCUT2D eigenvalue weighted by Gasteiger charge is 2.49. The molecule has 1 aromatic rings. The van der Waals surface area contributed by atoms with E-state index in [-0.39, 0.29) is 12.2 Å². The van der Waals surface area contributed by atoms with Crippen LogP contribution in [0.4, 0.5) is 0 Å². The fraction of sp³-hybridized carbons (Fsp3) is 0.667. The van der Waals surface area contributed by atoms with Gasteiger partial charge < -0.3 is 24.3 Å². The molecule has 3 N–H and O–H groups in total. The molecule has 0 saturated carbocycles. The lowest BCUT2D eigenvalue weighted by Gasteiger charge is -2.39. The monoisotopic (exact) mass is 354 g/mol. The van der Waals surface area contributed by atoms with Crippen LogP contribution in [-0.4, -0.2) is 46.2 Å². The molecular formula is C18H34N2O3Si. The van der Waals surface area contributed by atoms with Crippen molar-refractivity contribution >= 4 is 14.0 Å². The van der Waals surface area contributed by atoms with Crippen molar-refractivity contribution < 1.29 is 13.3 Å². The first-order valence-corrected chi connectivity index (χ1v) is 10.5. The van der Waals surface area contributed by atoms with Crippen LogP contribution in [0.2, 0.25) is 0 Å². The van der Waals surface area contributed by atoms with E-state index in [0.717, 1.165) is 11.7 Å². The summed E-state index contributed by atoms with van der Waals surface area (Å²) in [6, 6.07) is 10.0. The summed E-state index contributed by atoms with van der Waals surface area (Å²) in [5.74, 6) is 0. The molecule has 0 spiro atoms. The number of hydrogen-bond acceptors (Lipinski definition) is 5. The summed E-state index contributed by atoms with van der Waals surface area (Å²) in [7, 11) is -3.06. The molecular weight excluding hydrogens is 320 g/mol. The van der Waals surface area contributed by atoms with Crippen molar-refractivity contribution in [3.8, 4) is 0 Å². The first kappa shape index (κ1) is 21.3. The van der Waals surface area contributed by atoms with Crippen LogP contribution in [0, 0.1) is 0 Å². The van der Waals surface area contributed by atoms with Crippen molar-refractivity contribution in [2.45, 2.75) is 59.4 Å². The third-order valence-corrected chi connectivity index (χ3v) is 6.62. The molecule has 0 aromatic heterocycles. The average Bonchev–Trinajstić information content (AvgIpc) is 2.46. The molecule has 0 fully saturated rings. The van der Waals surface area contributed by atoms with E-state index in [9.17, 15) is 0 Å². The van der Waals surface area contributed by atoms with E-state index in [0.29, 0.717) is 13.1 Å². The lowest BCUT2D eigenvalue weighted by Crippen LogP contribution is -2.63. The fourth-order valence-corrected chi connectivity index (χ4v) is 5.61. The lowest BCUT2D eigenvalue weighted by molar-refractivity contribution is -0.0259. The third kappa shape index (κ3) is 7.00. The quantitative estimate of drug-likeness (QED) is 0.470. The van der Waals surface area contributed by atoms with Gasteiger partial charge in [-0.3, -0.25) is 0 Å². The molecule has 5 nitrogen and oxygen atoms in total. The molecule has 0 unspecified atom stereocenters. The molecule has 0 radical (unpaired) electrons. The van der Waals surface area contributed by atoms with E-state index in [4.69, 9.17) is 19.0 Å². The second-order valence-corrected chi connectivity index (χ2v) is 9.45. The van der Waals surface area contributed by atoms with Gasteiger partial charge in [-0.05, 0) is 41.5 Å². The Hall–Kier alpha value is -0.763. The minimum absolute atomic E-state index is 0.00317. The van der Waals surface area contributed by atoms with E-state index in [1.807, 2.05) is 58.0 Å². The molecule has 0 saturated heterocycles. The largest absolute Gasteiger partial charge is 0.538 e. The Morgan fingerprint density at radius 3 is 2.04 bits per heavy atom. The molecule has 0 amide bonds. The summed E-state index contributed by atoms with van der Waals surface area (Å²) >= 11 is 0. The van der Waals surface area contributed by atoms with Crippen LogP contribution in [-0.2, 0) is 13.3 Å². The lowest BCUT2D eigenvalue weighted by atomic mass is 10.1. The van der Waals surface area contributed by atoms with Crippen LogP contribution < -0.4 is 16.2 Å². The summed E-state index contributed by atoms with van der Waals surface area (Å²) in [5.41, 5.74) is 5.12. The number of rotatable bonds is 11. The van der Waals surface area contributed by atoms with Crippen LogP contribution in [0.1, 0.15) is 41.5 Å². The SMILES string of the molecule is CC(C)O[Si](OC(C)C)(OC(C)(C)CNCCN)c1ccccc1. The summed E-state index contributed by atoms with van der Waals surface area (Å²) in [6.07, 6.45) is 0.00634. The smallest absolute Gasteiger partial charge is 0.367 e. The van der Waals surface area contributed by atoms with Crippen molar-refractivity contribution in [2.24, 2.45) is 5.73 Å². The van der Waals surface area contributed by atoms with Gasteiger partial charge in [-0.1, -0.05) is 30.3 Å². The standard InChI is InChI=1S/C18H34N2O3Si/c1-15(2)21-24(22-16(3)4,17-10-8-7-9-11-17)23-18(5,6)14-20-13-12-19/h7-11,15-16,20H,12-14,19H2,1-6H3. The minimum atomic E-state index is -3.06. The normalized spacial score (nSPS) is 13.0. The highest BCUT2D eigenvalue weighted by atomic mass is 28.4. The van der Waals surface area contributed by atoms with Gasteiger partial charge in [0.1, 0.15) is 0 Å². The first-order valence-electron chi connectivity index (χ1n) is 8.73. The summed E-state index contributed by atoms with van der Waals surface area (Å²) in [4.78, 5) is 0.